The number of aromatic nitrogens is 1. The number of benzene rings is 3. The van der Waals surface area contributed by atoms with Gasteiger partial charge in [0.25, 0.3) is 0 Å². The molecule has 3 aromatic carbocycles. The molecule has 0 radical (unpaired) electrons. The lowest BCUT2D eigenvalue weighted by Crippen LogP contribution is -2.05. The fourth-order valence-corrected chi connectivity index (χ4v) is 3.45. The molecular formula is C26H23NO6. The summed E-state index contributed by atoms with van der Waals surface area (Å²) >= 11 is 0. The lowest BCUT2D eigenvalue weighted by molar-refractivity contribution is 0.105. The van der Waals surface area contributed by atoms with Gasteiger partial charge in [0.2, 0.25) is 11.6 Å². The van der Waals surface area contributed by atoms with Crippen LogP contribution in [-0.4, -0.2) is 39.2 Å². The summed E-state index contributed by atoms with van der Waals surface area (Å²) in [5, 5.41) is 0. The Morgan fingerprint density at radius 1 is 0.848 bits per heavy atom. The number of ketones is 1. The Morgan fingerprint density at radius 2 is 1.52 bits per heavy atom. The normalized spacial score (nSPS) is 11.3. The number of carbonyl (C=O) groups excluding carboxylic acids is 1. The van der Waals surface area contributed by atoms with Crippen molar-refractivity contribution >= 4 is 28.5 Å². The summed E-state index contributed by atoms with van der Waals surface area (Å²) in [5.74, 6) is 1.77. The second kappa shape index (κ2) is 9.48. The predicted molar refractivity (Wildman–Crippen MR) is 125 cm³/mol. The number of hydrogen-bond donors (Lipinski definition) is 0. The van der Waals surface area contributed by atoms with Crippen molar-refractivity contribution in [3.05, 3.63) is 77.7 Å². The van der Waals surface area contributed by atoms with E-state index in [1.165, 1.54) is 21.3 Å². The maximum absolute atomic E-state index is 13.7. The van der Waals surface area contributed by atoms with E-state index in [0.29, 0.717) is 39.7 Å². The molecule has 0 bridgehead atoms. The van der Waals surface area contributed by atoms with Crippen LogP contribution in [0.4, 0.5) is 0 Å². The smallest absolute Gasteiger partial charge is 0.231 e. The average Bonchev–Trinajstić information content (AvgIpc) is 3.30. The Labute approximate surface area is 191 Å². The fraction of sp³-hybridized carbons (Fsp3) is 0.154. The molecule has 168 valence electrons. The first-order valence-corrected chi connectivity index (χ1v) is 10.1. The van der Waals surface area contributed by atoms with Crippen molar-refractivity contribution in [2.45, 2.75) is 0 Å². The lowest BCUT2D eigenvalue weighted by Gasteiger charge is -2.14. The third kappa shape index (κ3) is 4.39. The minimum Gasteiger partial charge on any atom is -0.497 e. The van der Waals surface area contributed by atoms with Crippen molar-refractivity contribution in [3.8, 4) is 23.0 Å². The first-order valence-electron chi connectivity index (χ1n) is 10.1. The van der Waals surface area contributed by atoms with Crippen LogP contribution in [0.5, 0.6) is 23.0 Å². The lowest BCUT2D eigenvalue weighted by atomic mass is 9.99. The molecule has 4 rings (SSSR count). The van der Waals surface area contributed by atoms with E-state index < -0.39 is 0 Å². The molecule has 0 amide bonds. The molecule has 0 atom stereocenters. The highest BCUT2D eigenvalue weighted by atomic mass is 16.5. The quantitative estimate of drug-likeness (QED) is 0.269. The van der Waals surface area contributed by atoms with Gasteiger partial charge in [-0.3, -0.25) is 4.79 Å². The fourth-order valence-electron chi connectivity index (χ4n) is 3.45. The number of oxazole rings is 1. The van der Waals surface area contributed by atoms with Gasteiger partial charge in [0, 0.05) is 5.56 Å². The minimum absolute atomic E-state index is 0.214. The Bertz CT molecular complexity index is 1260. The van der Waals surface area contributed by atoms with Crippen LogP contribution < -0.4 is 18.9 Å². The largest absolute Gasteiger partial charge is 0.497 e. The summed E-state index contributed by atoms with van der Waals surface area (Å²) in [6.07, 6.45) is 1.73. The highest BCUT2D eigenvalue weighted by Gasteiger charge is 2.24. The second-order valence-electron chi connectivity index (χ2n) is 7.06. The van der Waals surface area contributed by atoms with E-state index in [-0.39, 0.29) is 17.2 Å². The zero-order valence-corrected chi connectivity index (χ0v) is 18.7. The molecule has 0 N–H and O–H groups in total. The van der Waals surface area contributed by atoms with Crippen LogP contribution in [0.2, 0.25) is 0 Å². The summed E-state index contributed by atoms with van der Waals surface area (Å²) < 4.78 is 27.4. The van der Waals surface area contributed by atoms with Gasteiger partial charge in [-0.1, -0.05) is 24.3 Å². The van der Waals surface area contributed by atoms with E-state index in [2.05, 4.69) is 4.98 Å². The van der Waals surface area contributed by atoms with Gasteiger partial charge < -0.3 is 23.4 Å². The number of methoxy groups -OCH3 is 4. The number of ether oxygens (including phenoxy) is 4. The van der Waals surface area contributed by atoms with Gasteiger partial charge in [-0.25, -0.2) is 4.98 Å². The first kappa shape index (κ1) is 22.0. The Morgan fingerprint density at radius 3 is 2.09 bits per heavy atom. The Balaban J connectivity index is 1.87. The van der Waals surface area contributed by atoms with Crippen LogP contribution in [0.15, 0.2) is 65.1 Å². The van der Waals surface area contributed by atoms with Crippen molar-refractivity contribution in [1.82, 2.24) is 4.98 Å². The number of nitrogens with zero attached hydrogens (tertiary/aromatic N) is 1. The van der Waals surface area contributed by atoms with Gasteiger partial charge in [-0.2, -0.15) is 0 Å². The molecule has 0 saturated heterocycles. The van der Waals surface area contributed by atoms with Gasteiger partial charge in [0.1, 0.15) is 11.3 Å². The zero-order valence-electron chi connectivity index (χ0n) is 18.7. The summed E-state index contributed by atoms with van der Waals surface area (Å²) in [6, 6.07) is 17.9. The molecule has 7 nitrogen and oxygen atoms in total. The van der Waals surface area contributed by atoms with E-state index >= 15 is 0 Å². The third-order valence-corrected chi connectivity index (χ3v) is 5.12. The molecule has 0 aliphatic rings. The maximum Gasteiger partial charge on any atom is 0.231 e. The first-order chi connectivity index (χ1) is 16.1. The van der Waals surface area contributed by atoms with Gasteiger partial charge in [0.05, 0.1) is 34.0 Å². The predicted octanol–water partition coefficient (Wildman–Crippen LogP) is 5.29. The third-order valence-electron chi connectivity index (χ3n) is 5.12. The van der Waals surface area contributed by atoms with E-state index in [1.54, 1.807) is 31.4 Å². The molecule has 0 unspecified atom stereocenters. The highest BCUT2D eigenvalue weighted by molar-refractivity contribution is 6.31. The number of para-hydroxylation sites is 2. The average molecular weight is 445 g/mol. The molecule has 4 aromatic rings. The highest BCUT2D eigenvalue weighted by Crippen LogP contribution is 2.39. The molecule has 1 aromatic heterocycles. The van der Waals surface area contributed by atoms with Gasteiger partial charge in [-0.05, 0) is 48.0 Å². The van der Waals surface area contributed by atoms with Crippen molar-refractivity contribution in [2.24, 2.45) is 0 Å². The number of hydrogen-bond acceptors (Lipinski definition) is 7. The minimum atomic E-state index is -0.309. The van der Waals surface area contributed by atoms with E-state index in [4.69, 9.17) is 23.4 Å². The summed E-state index contributed by atoms with van der Waals surface area (Å²) in [7, 11) is 6.11. The molecule has 1 heterocycles. The second-order valence-corrected chi connectivity index (χ2v) is 7.06. The van der Waals surface area contributed by atoms with Gasteiger partial charge in [0.15, 0.2) is 22.9 Å². The van der Waals surface area contributed by atoms with Crippen molar-refractivity contribution < 1.29 is 28.2 Å². The number of allylic oxidation sites excluding steroid dienone is 1. The number of fused-ring (bicyclic) bond motifs is 1. The summed E-state index contributed by atoms with van der Waals surface area (Å²) in [5.41, 5.74) is 2.66. The number of carbonyl (C=O) groups is 1. The molecule has 0 spiro atoms. The van der Waals surface area contributed by atoms with E-state index in [0.717, 1.165) is 5.56 Å². The Hall–Kier alpha value is -4.26. The monoisotopic (exact) mass is 445 g/mol. The topological polar surface area (TPSA) is 80.0 Å². The molecule has 0 saturated carbocycles. The van der Waals surface area contributed by atoms with Crippen molar-refractivity contribution in [3.63, 3.8) is 0 Å². The van der Waals surface area contributed by atoms with Crippen molar-refractivity contribution in [1.29, 1.82) is 0 Å². The molecule has 0 aliphatic heterocycles. The molecular weight excluding hydrogens is 422 g/mol. The molecule has 0 aliphatic carbocycles. The zero-order chi connectivity index (χ0) is 23.4. The van der Waals surface area contributed by atoms with Gasteiger partial charge in [-0.15, -0.1) is 0 Å². The summed E-state index contributed by atoms with van der Waals surface area (Å²) in [6.45, 7) is 0. The van der Waals surface area contributed by atoms with E-state index in [9.17, 15) is 4.79 Å². The van der Waals surface area contributed by atoms with Crippen molar-refractivity contribution in [2.75, 3.05) is 28.4 Å². The Kier molecular flexibility index (Phi) is 6.31. The van der Waals surface area contributed by atoms with Crippen LogP contribution in [0, 0.1) is 0 Å². The molecule has 33 heavy (non-hydrogen) atoms. The van der Waals surface area contributed by atoms with Gasteiger partial charge >= 0.3 is 0 Å². The number of Topliss-reactive ketones (excluding diaryl/α,β-unsaturated/α-hetero) is 1. The standard InChI is InChI=1S/C26H23NO6/c1-29-18-11-9-16(10-12-18)13-19(26-27-20-7-5-6-8-21(20)33-26)24(28)17-14-22(30-2)25(32-4)23(15-17)31-3/h5-15H,1-4H3/b19-13+. The van der Waals surface area contributed by atoms with Crippen LogP contribution >= 0.6 is 0 Å². The van der Waals surface area contributed by atoms with E-state index in [1.807, 2.05) is 42.5 Å². The summed E-state index contributed by atoms with van der Waals surface area (Å²) in [4.78, 5) is 18.3. The number of rotatable bonds is 8. The SMILES string of the molecule is COc1ccc(/C=C(\C(=O)c2cc(OC)c(OC)c(OC)c2)c2nc3ccccc3o2)cc1. The van der Waals surface area contributed by atoms with Crippen LogP contribution in [0.25, 0.3) is 22.7 Å². The maximum atomic E-state index is 13.7. The van der Waals surface area contributed by atoms with Crippen LogP contribution in [0.1, 0.15) is 21.8 Å². The van der Waals surface area contributed by atoms with Crippen LogP contribution in [-0.2, 0) is 0 Å². The van der Waals surface area contributed by atoms with Crippen LogP contribution in [0.3, 0.4) is 0 Å². The molecule has 0 fully saturated rings. The molecule has 7 heteroatoms.